The summed E-state index contributed by atoms with van der Waals surface area (Å²) in [6.07, 6.45) is 6.32. The minimum absolute atomic E-state index is 0.129. The molecule has 1 aromatic carbocycles. The Bertz CT molecular complexity index is 861. The van der Waals surface area contributed by atoms with Gasteiger partial charge in [0, 0.05) is 37.8 Å². The minimum atomic E-state index is -0.768. The van der Waals surface area contributed by atoms with E-state index in [9.17, 15) is 9.59 Å². The Kier molecular flexibility index (Phi) is 5.47. The van der Waals surface area contributed by atoms with Crippen molar-refractivity contribution in [2.45, 2.75) is 63.3 Å². The maximum absolute atomic E-state index is 12.5. The first-order chi connectivity index (χ1) is 14.4. The fourth-order valence-corrected chi connectivity index (χ4v) is 5.22. The summed E-state index contributed by atoms with van der Waals surface area (Å²) in [5, 5.41) is 6.26. The highest BCUT2D eigenvalue weighted by Crippen LogP contribution is 2.50. The number of nitrogens with one attached hydrogen (secondary N) is 2. The summed E-state index contributed by atoms with van der Waals surface area (Å²) in [7, 11) is 1.81. The quantitative estimate of drug-likeness (QED) is 0.338. The molecule has 30 heavy (non-hydrogen) atoms. The Balaban J connectivity index is 1.37. The second-order valence-electron chi connectivity index (χ2n) is 8.99. The van der Waals surface area contributed by atoms with Gasteiger partial charge in [0.25, 0.3) is 5.91 Å². The number of nitrogens with zero attached hydrogens (tertiary/aromatic N) is 3. The molecule has 162 valence electrons. The van der Waals surface area contributed by atoms with E-state index in [1.807, 2.05) is 14.0 Å². The molecule has 1 unspecified atom stereocenters. The van der Waals surface area contributed by atoms with E-state index < -0.39 is 5.54 Å². The first-order valence-electron chi connectivity index (χ1n) is 11.2. The molecule has 1 saturated carbocycles. The van der Waals surface area contributed by atoms with Crippen LogP contribution >= 0.6 is 0 Å². The molecule has 4 rings (SSSR count). The third-order valence-electron chi connectivity index (χ3n) is 7.15. The number of hydrogen-bond donors (Lipinski definition) is 2. The van der Waals surface area contributed by atoms with Crippen LogP contribution in [0.2, 0.25) is 0 Å². The van der Waals surface area contributed by atoms with Gasteiger partial charge >= 0.3 is 6.03 Å². The van der Waals surface area contributed by atoms with Crippen LogP contribution in [0.4, 0.5) is 10.5 Å². The van der Waals surface area contributed by atoms with E-state index in [0.29, 0.717) is 25.9 Å². The predicted octanol–water partition coefficient (Wildman–Crippen LogP) is 3.00. The number of anilines is 1. The number of para-hydroxylation sites is 1. The van der Waals surface area contributed by atoms with Crippen LogP contribution in [-0.2, 0) is 10.2 Å². The van der Waals surface area contributed by atoms with Crippen molar-refractivity contribution in [3.8, 4) is 0 Å². The second kappa shape index (κ2) is 7.93. The highest BCUT2D eigenvalue weighted by atomic mass is 16.2. The molecule has 1 saturated heterocycles. The lowest BCUT2D eigenvalue weighted by Crippen LogP contribution is -2.44. The predicted molar refractivity (Wildman–Crippen MR) is 119 cm³/mol. The van der Waals surface area contributed by atoms with Crippen molar-refractivity contribution in [2.24, 2.45) is 4.99 Å². The molecule has 3 aliphatic rings. The molecule has 0 aromatic heterocycles. The molecule has 0 radical (unpaired) electrons. The number of carbonyl (C=O) groups excluding carboxylic acids is 2. The summed E-state index contributed by atoms with van der Waals surface area (Å²) >= 11 is 0. The molecular formula is C23H33N5O2. The van der Waals surface area contributed by atoms with Crippen LogP contribution in [0.15, 0.2) is 29.3 Å². The van der Waals surface area contributed by atoms with Crippen molar-refractivity contribution < 1.29 is 9.59 Å². The van der Waals surface area contributed by atoms with E-state index >= 15 is 0 Å². The molecule has 2 fully saturated rings. The highest BCUT2D eigenvalue weighted by Gasteiger charge is 2.47. The van der Waals surface area contributed by atoms with E-state index in [2.05, 4.69) is 44.8 Å². The topological polar surface area (TPSA) is 77.0 Å². The maximum atomic E-state index is 12.5. The molecule has 1 atom stereocenters. The molecule has 2 N–H and O–H groups in total. The zero-order chi connectivity index (χ0) is 21.4. The second-order valence-corrected chi connectivity index (χ2v) is 8.99. The molecule has 7 nitrogen and oxygen atoms in total. The summed E-state index contributed by atoms with van der Waals surface area (Å²) < 4.78 is 0. The number of rotatable bonds is 5. The van der Waals surface area contributed by atoms with Gasteiger partial charge in [-0.1, -0.05) is 38.0 Å². The average Bonchev–Trinajstić information content (AvgIpc) is 3.41. The first-order valence-corrected chi connectivity index (χ1v) is 11.2. The number of benzene rings is 1. The van der Waals surface area contributed by atoms with Crippen molar-refractivity contribution in [1.29, 1.82) is 0 Å². The van der Waals surface area contributed by atoms with Gasteiger partial charge in [-0.15, -0.1) is 0 Å². The largest absolute Gasteiger partial charge is 0.356 e. The smallest absolute Gasteiger partial charge is 0.325 e. The minimum Gasteiger partial charge on any atom is -0.356 e. The molecule has 3 amide bonds. The lowest BCUT2D eigenvalue weighted by atomic mass is 9.81. The van der Waals surface area contributed by atoms with Gasteiger partial charge in [-0.25, -0.2) is 4.79 Å². The third kappa shape index (κ3) is 3.34. The molecule has 1 aromatic rings. The molecular weight excluding hydrogens is 378 g/mol. The molecule has 1 spiro atoms. The number of guanidine groups is 1. The summed E-state index contributed by atoms with van der Waals surface area (Å²) in [6, 6.07) is 8.41. The summed E-state index contributed by atoms with van der Waals surface area (Å²) in [5.74, 6) is 0.734. The fourth-order valence-electron chi connectivity index (χ4n) is 5.22. The van der Waals surface area contributed by atoms with Crippen LogP contribution in [0.1, 0.15) is 57.9 Å². The first kappa shape index (κ1) is 20.7. The Hall–Kier alpha value is -2.57. The van der Waals surface area contributed by atoms with Gasteiger partial charge in [0.1, 0.15) is 5.54 Å². The number of amides is 3. The molecule has 2 heterocycles. The van der Waals surface area contributed by atoms with Crippen LogP contribution in [0.3, 0.4) is 0 Å². The number of hydrogen-bond acceptors (Lipinski definition) is 3. The average molecular weight is 412 g/mol. The standard InChI is InChI=1S/C23H33N5O2/c1-4-22(2)19(29)27(21(30)26-22)15-9-14-25-20(24-3)28-16-23(12-7-8-13-23)17-10-5-6-11-18(17)28/h5-6,10-11H,4,7-9,12-16H2,1-3H3,(H,24,25)(H,26,30). The van der Waals surface area contributed by atoms with Crippen molar-refractivity contribution in [3.63, 3.8) is 0 Å². The Labute approximate surface area is 178 Å². The maximum Gasteiger partial charge on any atom is 0.325 e. The van der Waals surface area contributed by atoms with E-state index in [1.165, 1.54) is 41.8 Å². The lowest BCUT2D eigenvalue weighted by Gasteiger charge is -2.27. The van der Waals surface area contributed by atoms with Gasteiger partial charge in [0.15, 0.2) is 5.96 Å². The summed E-state index contributed by atoms with van der Waals surface area (Å²) in [5.41, 5.74) is 2.18. The molecule has 2 aliphatic heterocycles. The molecule has 1 aliphatic carbocycles. The van der Waals surface area contributed by atoms with Crippen LogP contribution in [0.5, 0.6) is 0 Å². The van der Waals surface area contributed by atoms with Gasteiger partial charge < -0.3 is 15.5 Å². The van der Waals surface area contributed by atoms with Crippen molar-refractivity contribution in [3.05, 3.63) is 29.8 Å². The van der Waals surface area contributed by atoms with Crippen molar-refractivity contribution in [1.82, 2.24) is 15.5 Å². The van der Waals surface area contributed by atoms with Gasteiger partial charge in [-0.3, -0.25) is 14.7 Å². The van der Waals surface area contributed by atoms with Crippen molar-refractivity contribution in [2.75, 3.05) is 31.6 Å². The molecule has 7 heteroatoms. The van der Waals surface area contributed by atoms with E-state index in [-0.39, 0.29) is 17.4 Å². The molecule has 0 bridgehead atoms. The van der Waals surface area contributed by atoms with E-state index in [0.717, 1.165) is 12.5 Å². The van der Waals surface area contributed by atoms with Gasteiger partial charge in [0.05, 0.1) is 0 Å². The normalized spacial score (nSPS) is 25.2. The van der Waals surface area contributed by atoms with Crippen LogP contribution in [0, 0.1) is 0 Å². The zero-order valence-corrected chi connectivity index (χ0v) is 18.3. The van der Waals surface area contributed by atoms with Gasteiger partial charge in [-0.2, -0.15) is 0 Å². The van der Waals surface area contributed by atoms with E-state index in [4.69, 9.17) is 0 Å². The number of urea groups is 1. The number of aliphatic imine (C=N–C) groups is 1. The van der Waals surface area contributed by atoms with E-state index in [1.54, 1.807) is 6.92 Å². The van der Waals surface area contributed by atoms with Gasteiger partial charge in [-0.05, 0) is 44.2 Å². The lowest BCUT2D eigenvalue weighted by molar-refractivity contribution is -0.130. The van der Waals surface area contributed by atoms with Crippen LogP contribution in [-0.4, -0.2) is 55.0 Å². The zero-order valence-electron chi connectivity index (χ0n) is 18.3. The summed E-state index contributed by atoms with van der Waals surface area (Å²) in [6.45, 7) is 5.73. The monoisotopic (exact) mass is 411 g/mol. The Morgan fingerprint density at radius 2 is 1.97 bits per heavy atom. The fraction of sp³-hybridized carbons (Fsp3) is 0.609. The highest BCUT2D eigenvalue weighted by molar-refractivity contribution is 6.06. The van der Waals surface area contributed by atoms with Crippen LogP contribution in [0.25, 0.3) is 0 Å². The number of fused-ring (bicyclic) bond motifs is 2. The van der Waals surface area contributed by atoms with Crippen molar-refractivity contribution >= 4 is 23.6 Å². The Morgan fingerprint density at radius 3 is 2.63 bits per heavy atom. The summed E-state index contributed by atoms with van der Waals surface area (Å²) in [4.78, 5) is 32.9. The van der Waals surface area contributed by atoms with Gasteiger partial charge in [0.2, 0.25) is 0 Å². The number of imide groups is 1. The van der Waals surface area contributed by atoms with Crippen LogP contribution < -0.4 is 15.5 Å². The Morgan fingerprint density at radius 1 is 1.23 bits per heavy atom. The SMILES string of the molecule is CCC1(C)NC(=O)N(CCCNC(=NC)N2CC3(CCCC3)c3ccccc32)C1=O. The third-order valence-corrected chi connectivity index (χ3v) is 7.15. The number of carbonyl (C=O) groups is 2.